The van der Waals surface area contributed by atoms with Crippen LogP contribution in [0.1, 0.15) is 6.42 Å². The van der Waals surface area contributed by atoms with E-state index < -0.39 is 31.7 Å². The topological polar surface area (TPSA) is 79.2 Å². The molecule has 0 aliphatic rings. The summed E-state index contributed by atoms with van der Waals surface area (Å²) in [4.78, 5) is 20.9. The van der Waals surface area contributed by atoms with E-state index in [2.05, 4.69) is 4.74 Å². The number of carbonyl (C=O) groups excluding carboxylic acids is 2. The second kappa shape index (κ2) is 6.09. The molecule has 0 atom stereocenters. The second-order valence-corrected chi connectivity index (χ2v) is 1.71. The molecule has 0 aliphatic carbocycles. The molecular weight excluding hydrogens is 167 g/mol. The third-order valence-corrected chi connectivity index (χ3v) is 0.791. The highest BCUT2D eigenvalue weighted by Gasteiger charge is 2.06. The van der Waals surface area contributed by atoms with Crippen molar-refractivity contribution in [2.24, 2.45) is 0 Å². The van der Waals surface area contributed by atoms with Gasteiger partial charge in [-0.05, 0) is 0 Å². The number of ether oxygens (including phenoxy) is 1. The third kappa shape index (κ3) is 5.17. The Balaban J connectivity index is 3.56. The van der Waals surface area contributed by atoms with Crippen molar-refractivity contribution in [2.45, 2.75) is 6.42 Å². The van der Waals surface area contributed by atoms with E-state index in [4.69, 9.17) is 5.26 Å². The lowest BCUT2D eigenvalue weighted by Gasteiger charge is -2.00. The minimum atomic E-state index is -1.03. The van der Waals surface area contributed by atoms with Crippen LogP contribution < -0.4 is 5.32 Å². The molecule has 0 unspecified atom stereocenters. The molecule has 0 rings (SSSR count). The zero-order valence-electron chi connectivity index (χ0n) is 6.17. The number of hydrogen-bond acceptors (Lipinski definition) is 4. The molecule has 5 nitrogen and oxygen atoms in total. The molecule has 0 radical (unpaired) electrons. The van der Waals surface area contributed by atoms with E-state index in [1.807, 2.05) is 0 Å². The summed E-state index contributed by atoms with van der Waals surface area (Å²) in [5, 5.41) is 9.73. The van der Waals surface area contributed by atoms with Gasteiger partial charge in [-0.2, -0.15) is 5.26 Å². The molecule has 0 heterocycles. The summed E-state index contributed by atoms with van der Waals surface area (Å²) in [6, 6.07) is 1.54. The monoisotopic (exact) mass is 174 g/mol. The van der Waals surface area contributed by atoms with Crippen molar-refractivity contribution in [3.8, 4) is 6.07 Å². The molecule has 0 fully saturated rings. The SMILES string of the molecule is N#CCC(=O)NC(=O)OCCF. The summed E-state index contributed by atoms with van der Waals surface area (Å²) in [7, 11) is 0. The fourth-order valence-corrected chi connectivity index (χ4v) is 0.397. The van der Waals surface area contributed by atoms with Crippen molar-refractivity contribution in [1.29, 1.82) is 5.26 Å². The minimum absolute atomic E-state index is 0.397. The zero-order chi connectivity index (χ0) is 9.40. The van der Waals surface area contributed by atoms with Gasteiger partial charge >= 0.3 is 6.09 Å². The number of nitriles is 1. The zero-order valence-corrected chi connectivity index (χ0v) is 6.17. The first-order valence-electron chi connectivity index (χ1n) is 3.10. The van der Waals surface area contributed by atoms with Gasteiger partial charge in [-0.1, -0.05) is 0 Å². The average Bonchev–Trinajstić information content (AvgIpc) is 2.01. The Labute approximate surface area is 68.1 Å². The normalized spacial score (nSPS) is 8.33. The van der Waals surface area contributed by atoms with Crippen molar-refractivity contribution in [1.82, 2.24) is 5.32 Å². The Kier molecular flexibility index (Phi) is 5.26. The lowest BCUT2D eigenvalue weighted by molar-refractivity contribution is -0.119. The molecule has 66 valence electrons. The molecule has 0 spiro atoms. The molecule has 2 amide bonds. The number of imide groups is 1. The van der Waals surface area contributed by atoms with Crippen LogP contribution in [0.2, 0.25) is 0 Å². The fraction of sp³-hybridized carbons (Fsp3) is 0.500. The lowest BCUT2D eigenvalue weighted by atomic mass is 10.4. The Hall–Kier alpha value is -1.64. The van der Waals surface area contributed by atoms with Crippen LogP contribution in [0.25, 0.3) is 0 Å². The number of hydrogen-bond donors (Lipinski definition) is 1. The predicted octanol–water partition coefficient (Wildman–Crippen LogP) is 0.122. The van der Waals surface area contributed by atoms with Crippen LogP contribution in [-0.4, -0.2) is 25.3 Å². The van der Waals surface area contributed by atoms with Crippen LogP contribution in [0.4, 0.5) is 9.18 Å². The van der Waals surface area contributed by atoms with E-state index in [1.165, 1.54) is 6.07 Å². The molecule has 0 aromatic rings. The number of rotatable bonds is 3. The molecule has 12 heavy (non-hydrogen) atoms. The summed E-state index contributed by atoms with van der Waals surface area (Å²) in [5.41, 5.74) is 0. The number of alkyl halides is 1. The summed E-state index contributed by atoms with van der Waals surface area (Å²) in [6.07, 6.45) is -1.46. The summed E-state index contributed by atoms with van der Waals surface area (Å²) in [5.74, 6) is -0.763. The molecule has 0 bridgehead atoms. The predicted molar refractivity (Wildman–Crippen MR) is 35.7 cm³/mol. The number of carbonyl (C=O) groups is 2. The largest absolute Gasteiger partial charge is 0.446 e. The fourth-order valence-electron chi connectivity index (χ4n) is 0.397. The van der Waals surface area contributed by atoms with Crippen molar-refractivity contribution in [3.63, 3.8) is 0 Å². The summed E-state index contributed by atoms with van der Waals surface area (Å²) >= 11 is 0. The van der Waals surface area contributed by atoms with E-state index in [9.17, 15) is 14.0 Å². The van der Waals surface area contributed by atoms with E-state index in [-0.39, 0.29) is 0 Å². The van der Waals surface area contributed by atoms with Crippen LogP contribution in [-0.2, 0) is 9.53 Å². The van der Waals surface area contributed by atoms with Gasteiger partial charge in [0.25, 0.3) is 0 Å². The first-order chi connectivity index (χ1) is 5.70. The summed E-state index contributed by atoms with van der Waals surface area (Å²) in [6.45, 7) is -1.20. The van der Waals surface area contributed by atoms with Crippen LogP contribution in [0.15, 0.2) is 0 Å². The Morgan fingerprint density at radius 1 is 1.58 bits per heavy atom. The van der Waals surface area contributed by atoms with Gasteiger partial charge in [-0.25, -0.2) is 9.18 Å². The highest BCUT2D eigenvalue weighted by molar-refractivity contribution is 5.92. The Bertz CT molecular complexity index is 211. The second-order valence-electron chi connectivity index (χ2n) is 1.71. The van der Waals surface area contributed by atoms with Crippen molar-refractivity contribution in [2.75, 3.05) is 13.3 Å². The quantitative estimate of drug-likeness (QED) is 0.659. The Morgan fingerprint density at radius 2 is 2.25 bits per heavy atom. The van der Waals surface area contributed by atoms with Crippen LogP contribution in [0.3, 0.4) is 0 Å². The van der Waals surface area contributed by atoms with Crippen molar-refractivity contribution in [3.05, 3.63) is 0 Å². The first kappa shape index (κ1) is 10.4. The molecule has 0 aromatic heterocycles. The number of amides is 2. The number of alkyl carbamates (subject to hydrolysis) is 1. The van der Waals surface area contributed by atoms with Crippen LogP contribution in [0.5, 0.6) is 0 Å². The maximum atomic E-state index is 11.4. The van der Waals surface area contributed by atoms with Gasteiger partial charge in [0.05, 0.1) is 6.07 Å². The highest BCUT2D eigenvalue weighted by atomic mass is 19.1. The molecular formula is C6H7FN2O3. The molecule has 0 saturated carbocycles. The van der Waals surface area contributed by atoms with E-state index in [0.29, 0.717) is 0 Å². The average molecular weight is 174 g/mol. The van der Waals surface area contributed by atoms with Crippen molar-refractivity contribution < 1.29 is 18.7 Å². The van der Waals surface area contributed by atoms with Gasteiger partial charge in [0.15, 0.2) is 0 Å². The van der Waals surface area contributed by atoms with Crippen molar-refractivity contribution >= 4 is 12.0 Å². The molecule has 0 saturated heterocycles. The Morgan fingerprint density at radius 3 is 2.75 bits per heavy atom. The van der Waals surface area contributed by atoms with Crippen LogP contribution in [0, 0.1) is 11.3 Å². The standard InChI is InChI=1S/C6H7FN2O3/c7-2-4-12-6(11)9-5(10)1-3-8/h1-2,4H2,(H,9,10,11). The molecule has 1 N–H and O–H groups in total. The molecule has 0 aromatic carbocycles. The van der Waals surface area contributed by atoms with E-state index >= 15 is 0 Å². The third-order valence-electron chi connectivity index (χ3n) is 0.791. The van der Waals surface area contributed by atoms with Gasteiger partial charge in [0, 0.05) is 0 Å². The van der Waals surface area contributed by atoms with Gasteiger partial charge in [0.2, 0.25) is 5.91 Å². The van der Waals surface area contributed by atoms with Gasteiger partial charge in [-0.15, -0.1) is 0 Å². The van der Waals surface area contributed by atoms with Gasteiger partial charge in [0.1, 0.15) is 19.7 Å². The smallest absolute Gasteiger partial charge is 0.413 e. The number of nitrogens with zero attached hydrogens (tertiary/aromatic N) is 1. The van der Waals surface area contributed by atoms with E-state index in [0.717, 1.165) is 0 Å². The number of nitrogens with one attached hydrogen (secondary N) is 1. The molecule has 0 aliphatic heterocycles. The maximum Gasteiger partial charge on any atom is 0.413 e. The van der Waals surface area contributed by atoms with E-state index in [1.54, 1.807) is 5.32 Å². The highest BCUT2D eigenvalue weighted by Crippen LogP contribution is 1.81. The van der Waals surface area contributed by atoms with Gasteiger partial charge in [-0.3, -0.25) is 10.1 Å². The van der Waals surface area contributed by atoms with Crippen LogP contribution >= 0.6 is 0 Å². The lowest BCUT2D eigenvalue weighted by Crippen LogP contribution is -2.30. The van der Waals surface area contributed by atoms with Gasteiger partial charge < -0.3 is 4.74 Å². The minimum Gasteiger partial charge on any atom is -0.446 e. The molecule has 6 heteroatoms. The first-order valence-corrected chi connectivity index (χ1v) is 3.10. The maximum absolute atomic E-state index is 11.4. The summed E-state index contributed by atoms with van der Waals surface area (Å²) < 4.78 is 15.5. The number of halogens is 1.